The molecular weight excluding hydrogens is 334 g/mol. The molecule has 3 N–H and O–H groups in total. The van der Waals surface area contributed by atoms with Gasteiger partial charge in [0.1, 0.15) is 12.4 Å². The van der Waals surface area contributed by atoms with Crippen molar-refractivity contribution in [2.45, 2.75) is 19.0 Å². The predicted molar refractivity (Wildman–Crippen MR) is 99.1 cm³/mol. The minimum Gasteiger partial charge on any atom is -0.497 e. The van der Waals surface area contributed by atoms with E-state index < -0.39 is 0 Å². The first-order valence-corrected chi connectivity index (χ1v) is 8.90. The Balaban J connectivity index is 1.70. The van der Waals surface area contributed by atoms with Crippen molar-refractivity contribution < 1.29 is 19.4 Å². The number of rotatable bonds is 7. The molecule has 0 saturated carbocycles. The molecule has 3 rings (SSSR count). The third-order valence-corrected chi connectivity index (χ3v) is 5.06. The van der Waals surface area contributed by atoms with Crippen molar-refractivity contribution in [1.29, 1.82) is 0 Å². The highest BCUT2D eigenvalue weighted by Crippen LogP contribution is 2.26. The van der Waals surface area contributed by atoms with Crippen LogP contribution in [-0.2, 0) is 16.1 Å². The summed E-state index contributed by atoms with van der Waals surface area (Å²) in [5.74, 6) is 0.770. The monoisotopic (exact) mass is 361 g/mol. The number of aliphatic hydroxyl groups excluding tert-OH is 1. The van der Waals surface area contributed by atoms with Crippen LogP contribution in [0.1, 0.15) is 12.0 Å². The molecule has 0 bridgehead atoms. The molecule has 7 nitrogen and oxygen atoms in total. The third kappa shape index (κ3) is 4.17. The van der Waals surface area contributed by atoms with Crippen molar-refractivity contribution >= 4 is 16.8 Å². The van der Waals surface area contributed by atoms with Gasteiger partial charge in [-0.3, -0.25) is 9.69 Å². The van der Waals surface area contributed by atoms with E-state index in [4.69, 9.17) is 9.47 Å². The maximum absolute atomic E-state index is 11.9. The number of aromatic amines is 1. The normalized spacial score (nSPS) is 21.0. The summed E-state index contributed by atoms with van der Waals surface area (Å²) in [4.78, 5) is 17.5. The molecule has 1 saturated heterocycles. The van der Waals surface area contributed by atoms with Gasteiger partial charge in [0, 0.05) is 55.9 Å². The molecule has 0 aliphatic carbocycles. The maximum atomic E-state index is 11.9. The number of nitrogens with zero attached hydrogens (tertiary/aromatic N) is 1. The van der Waals surface area contributed by atoms with Gasteiger partial charge in [-0.15, -0.1) is 0 Å². The molecule has 1 fully saturated rings. The number of benzene rings is 1. The SMILES string of the molecule is COCC(=O)N[C@@H]1CN(Cc2c[nH]c3ccc(OC)cc23)CC[C@@H]1CO. The summed E-state index contributed by atoms with van der Waals surface area (Å²) < 4.78 is 10.2. The second-order valence-electron chi connectivity index (χ2n) is 6.80. The van der Waals surface area contributed by atoms with Crippen molar-refractivity contribution in [2.75, 3.05) is 40.5 Å². The lowest BCUT2D eigenvalue weighted by Crippen LogP contribution is -2.53. The van der Waals surface area contributed by atoms with Crippen LogP contribution in [0.3, 0.4) is 0 Å². The van der Waals surface area contributed by atoms with Crippen molar-refractivity contribution in [2.24, 2.45) is 5.92 Å². The molecule has 1 amide bonds. The number of carbonyl (C=O) groups is 1. The zero-order valence-electron chi connectivity index (χ0n) is 15.3. The number of ether oxygens (including phenoxy) is 2. The van der Waals surface area contributed by atoms with Crippen LogP contribution >= 0.6 is 0 Å². The molecular formula is C19H27N3O4. The van der Waals surface area contributed by atoms with Gasteiger partial charge in [-0.05, 0) is 36.7 Å². The summed E-state index contributed by atoms with van der Waals surface area (Å²) in [6.45, 7) is 2.49. The van der Waals surface area contributed by atoms with Gasteiger partial charge in [0.25, 0.3) is 0 Å². The van der Waals surface area contributed by atoms with E-state index in [1.165, 1.54) is 12.7 Å². The average molecular weight is 361 g/mol. The first kappa shape index (κ1) is 18.7. The molecule has 2 heterocycles. The Kier molecular flexibility index (Phi) is 6.13. The summed E-state index contributed by atoms with van der Waals surface area (Å²) >= 11 is 0. The smallest absolute Gasteiger partial charge is 0.246 e. The molecule has 1 aromatic carbocycles. The first-order chi connectivity index (χ1) is 12.6. The molecule has 0 unspecified atom stereocenters. The second kappa shape index (κ2) is 8.53. The van der Waals surface area contributed by atoms with Gasteiger partial charge in [0.2, 0.25) is 5.91 Å². The Morgan fingerprint density at radius 1 is 1.42 bits per heavy atom. The van der Waals surface area contributed by atoms with E-state index in [1.54, 1.807) is 7.11 Å². The summed E-state index contributed by atoms with van der Waals surface area (Å²) in [5.41, 5.74) is 2.28. The van der Waals surface area contributed by atoms with Gasteiger partial charge in [-0.1, -0.05) is 0 Å². The Morgan fingerprint density at radius 3 is 3.00 bits per heavy atom. The second-order valence-corrected chi connectivity index (χ2v) is 6.80. The lowest BCUT2D eigenvalue weighted by molar-refractivity contribution is -0.126. The lowest BCUT2D eigenvalue weighted by Gasteiger charge is -2.38. The molecule has 0 spiro atoms. The quantitative estimate of drug-likeness (QED) is 0.688. The van der Waals surface area contributed by atoms with Crippen molar-refractivity contribution in [1.82, 2.24) is 15.2 Å². The number of likely N-dealkylation sites (tertiary alicyclic amines) is 1. The Morgan fingerprint density at radius 2 is 2.27 bits per heavy atom. The minimum atomic E-state index is -0.144. The minimum absolute atomic E-state index is 0.0386. The van der Waals surface area contributed by atoms with Crippen LogP contribution in [0.25, 0.3) is 10.9 Å². The summed E-state index contributed by atoms with van der Waals surface area (Å²) in [6, 6.07) is 5.93. The number of aromatic nitrogens is 1. The summed E-state index contributed by atoms with van der Waals surface area (Å²) in [5, 5.41) is 13.8. The number of piperidine rings is 1. The molecule has 7 heteroatoms. The van der Waals surface area contributed by atoms with Crippen LogP contribution in [0.15, 0.2) is 24.4 Å². The third-order valence-electron chi connectivity index (χ3n) is 5.06. The first-order valence-electron chi connectivity index (χ1n) is 8.90. The highest BCUT2D eigenvalue weighted by Gasteiger charge is 2.30. The van der Waals surface area contributed by atoms with Crippen molar-refractivity contribution in [3.8, 4) is 5.75 Å². The summed E-state index contributed by atoms with van der Waals surface area (Å²) in [6.07, 6.45) is 2.88. The van der Waals surface area contributed by atoms with E-state index in [0.717, 1.165) is 36.2 Å². The van der Waals surface area contributed by atoms with E-state index in [9.17, 15) is 9.90 Å². The fourth-order valence-electron chi connectivity index (χ4n) is 3.63. The molecule has 1 aromatic heterocycles. The largest absolute Gasteiger partial charge is 0.497 e. The maximum Gasteiger partial charge on any atom is 0.246 e. The van der Waals surface area contributed by atoms with Gasteiger partial charge in [-0.2, -0.15) is 0 Å². The highest BCUT2D eigenvalue weighted by molar-refractivity contribution is 5.84. The number of amides is 1. The number of hydrogen-bond donors (Lipinski definition) is 3. The van der Waals surface area contributed by atoms with E-state index in [2.05, 4.69) is 15.2 Å². The van der Waals surface area contributed by atoms with Crippen LogP contribution in [0.4, 0.5) is 0 Å². The van der Waals surface area contributed by atoms with Gasteiger partial charge in [-0.25, -0.2) is 0 Å². The Labute approximate surface area is 153 Å². The van der Waals surface area contributed by atoms with E-state index in [0.29, 0.717) is 6.54 Å². The average Bonchev–Trinajstić information content (AvgIpc) is 3.04. The van der Waals surface area contributed by atoms with Gasteiger partial charge in [0.15, 0.2) is 0 Å². The number of methoxy groups -OCH3 is 2. The van der Waals surface area contributed by atoms with E-state index in [1.807, 2.05) is 24.4 Å². The number of hydrogen-bond acceptors (Lipinski definition) is 5. The van der Waals surface area contributed by atoms with Crippen LogP contribution in [0, 0.1) is 5.92 Å². The molecule has 142 valence electrons. The zero-order valence-corrected chi connectivity index (χ0v) is 15.3. The number of H-pyrrole nitrogens is 1. The van der Waals surface area contributed by atoms with Crippen LogP contribution in [0.2, 0.25) is 0 Å². The lowest BCUT2D eigenvalue weighted by atomic mass is 9.92. The molecule has 1 aliphatic heterocycles. The van der Waals surface area contributed by atoms with Gasteiger partial charge < -0.3 is 24.9 Å². The standard InChI is InChI=1S/C19H27N3O4/c1-25-12-19(24)21-18-10-22(6-5-13(18)11-23)9-14-8-20-17-4-3-15(26-2)7-16(14)17/h3-4,7-8,13,18,20,23H,5-6,9-12H2,1-2H3,(H,21,24)/t13-,18-/m1/s1. The molecule has 0 radical (unpaired) electrons. The number of nitrogens with one attached hydrogen (secondary N) is 2. The topological polar surface area (TPSA) is 86.8 Å². The van der Waals surface area contributed by atoms with Crippen molar-refractivity contribution in [3.05, 3.63) is 30.0 Å². The Hall–Kier alpha value is -2.09. The molecule has 2 aromatic rings. The van der Waals surface area contributed by atoms with Crippen LogP contribution in [0.5, 0.6) is 5.75 Å². The fraction of sp³-hybridized carbons (Fsp3) is 0.526. The van der Waals surface area contributed by atoms with Gasteiger partial charge >= 0.3 is 0 Å². The fourth-order valence-corrected chi connectivity index (χ4v) is 3.63. The van der Waals surface area contributed by atoms with Crippen LogP contribution in [-0.4, -0.2) is 67.5 Å². The number of aliphatic hydroxyl groups is 1. The summed E-state index contributed by atoms with van der Waals surface area (Å²) in [7, 11) is 3.17. The molecule has 2 atom stereocenters. The number of carbonyl (C=O) groups excluding carboxylic acids is 1. The Bertz CT molecular complexity index is 745. The van der Waals surface area contributed by atoms with Crippen LogP contribution < -0.4 is 10.1 Å². The predicted octanol–water partition coefficient (Wildman–Crippen LogP) is 1.12. The van der Waals surface area contributed by atoms with E-state index >= 15 is 0 Å². The highest BCUT2D eigenvalue weighted by atomic mass is 16.5. The molecule has 26 heavy (non-hydrogen) atoms. The van der Waals surface area contributed by atoms with E-state index in [-0.39, 0.29) is 31.1 Å². The zero-order chi connectivity index (χ0) is 18.5. The van der Waals surface area contributed by atoms with Crippen molar-refractivity contribution in [3.63, 3.8) is 0 Å². The number of fused-ring (bicyclic) bond motifs is 1. The van der Waals surface area contributed by atoms with Gasteiger partial charge in [0.05, 0.1) is 7.11 Å². The molecule has 1 aliphatic rings.